The first-order valence-electron chi connectivity index (χ1n) is 8.37. The van der Waals surface area contributed by atoms with E-state index in [0.717, 1.165) is 11.3 Å². The largest absolute Gasteiger partial charge is 0.497 e. The van der Waals surface area contributed by atoms with Gasteiger partial charge in [0.15, 0.2) is 5.69 Å². The molecule has 138 valence electrons. The van der Waals surface area contributed by atoms with Gasteiger partial charge in [0.05, 0.1) is 31.3 Å². The molecule has 0 amide bonds. The van der Waals surface area contributed by atoms with Crippen LogP contribution in [0.1, 0.15) is 11.3 Å². The molecule has 0 saturated heterocycles. The summed E-state index contributed by atoms with van der Waals surface area (Å²) in [5.41, 5.74) is 3.06. The highest BCUT2D eigenvalue weighted by Gasteiger charge is 2.11. The average molecular weight is 363 g/mol. The maximum Gasteiger partial charge on any atom is 0.209 e. The topological polar surface area (TPSA) is 65.4 Å². The van der Waals surface area contributed by atoms with Crippen LogP contribution >= 0.6 is 0 Å². The monoisotopic (exact) mass is 363 g/mol. The van der Waals surface area contributed by atoms with Gasteiger partial charge in [0.2, 0.25) is 5.43 Å². The lowest BCUT2D eigenvalue weighted by atomic mass is 10.2. The maximum absolute atomic E-state index is 12.3. The highest BCUT2D eigenvalue weighted by atomic mass is 16.5. The number of nitrogens with one attached hydrogen (secondary N) is 1. The summed E-state index contributed by atoms with van der Waals surface area (Å²) in [6, 6.07) is 14.7. The quantitative estimate of drug-likeness (QED) is 0.724. The summed E-state index contributed by atoms with van der Waals surface area (Å²) in [6.45, 7) is 5.99. The molecular formula is C21H21N3O3. The van der Waals surface area contributed by atoms with Crippen LogP contribution in [-0.2, 0) is 0 Å². The number of methoxy groups -OCH3 is 2. The second-order valence-electron chi connectivity index (χ2n) is 5.98. The molecule has 0 radical (unpaired) electrons. The first kappa shape index (κ1) is 18.3. The van der Waals surface area contributed by atoms with E-state index in [1.54, 1.807) is 43.3 Å². The van der Waals surface area contributed by atoms with Crippen LogP contribution in [0.3, 0.4) is 0 Å². The van der Waals surface area contributed by atoms with Crippen LogP contribution in [0.5, 0.6) is 11.5 Å². The van der Waals surface area contributed by atoms with E-state index in [2.05, 4.69) is 17.0 Å². The van der Waals surface area contributed by atoms with Crippen LogP contribution in [0.2, 0.25) is 0 Å². The number of anilines is 1. The standard InChI is InChI=1S/C21H21N3O3/c1-14-5-7-16(8-6-14)24-12-11-19(25)21(23-24)15(2)22-18-10-9-17(26-3)13-20(18)27-4/h5-13,22H,2H2,1,3-4H3. The highest BCUT2D eigenvalue weighted by Crippen LogP contribution is 2.30. The number of nitrogens with zero attached hydrogens (tertiary/aromatic N) is 2. The molecule has 0 bridgehead atoms. The summed E-state index contributed by atoms with van der Waals surface area (Å²) in [6.07, 6.45) is 1.64. The van der Waals surface area contributed by atoms with Crippen molar-refractivity contribution in [1.82, 2.24) is 9.78 Å². The molecule has 0 spiro atoms. The second-order valence-corrected chi connectivity index (χ2v) is 5.98. The molecule has 0 aliphatic heterocycles. The first-order valence-corrected chi connectivity index (χ1v) is 8.37. The number of aromatic nitrogens is 2. The third-order valence-corrected chi connectivity index (χ3v) is 4.09. The Hall–Kier alpha value is -3.54. The summed E-state index contributed by atoms with van der Waals surface area (Å²) < 4.78 is 12.2. The van der Waals surface area contributed by atoms with Crippen LogP contribution < -0.4 is 20.2 Å². The van der Waals surface area contributed by atoms with E-state index < -0.39 is 0 Å². The molecule has 1 aromatic heterocycles. The third-order valence-electron chi connectivity index (χ3n) is 4.09. The van der Waals surface area contributed by atoms with Gasteiger partial charge in [-0.2, -0.15) is 5.10 Å². The van der Waals surface area contributed by atoms with Crippen LogP contribution in [0.4, 0.5) is 5.69 Å². The molecule has 6 heteroatoms. The smallest absolute Gasteiger partial charge is 0.209 e. The van der Waals surface area contributed by atoms with Gasteiger partial charge in [0, 0.05) is 18.3 Å². The SMILES string of the molecule is C=C(Nc1ccc(OC)cc1OC)c1nn(-c2ccc(C)cc2)ccc1=O. The van der Waals surface area contributed by atoms with Crippen LogP contribution in [0.25, 0.3) is 11.4 Å². The molecule has 0 unspecified atom stereocenters. The maximum atomic E-state index is 12.3. The Morgan fingerprint density at radius 3 is 2.48 bits per heavy atom. The molecule has 0 aliphatic rings. The lowest BCUT2D eigenvalue weighted by Crippen LogP contribution is -2.17. The summed E-state index contributed by atoms with van der Waals surface area (Å²) in [4.78, 5) is 12.3. The Labute approximate surface area is 157 Å². The molecule has 6 nitrogen and oxygen atoms in total. The summed E-state index contributed by atoms with van der Waals surface area (Å²) in [7, 11) is 3.15. The predicted molar refractivity (Wildman–Crippen MR) is 107 cm³/mol. The van der Waals surface area contributed by atoms with Crippen LogP contribution in [0, 0.1) is 6.92 Å². The summed E-state index contributed by atoms with van der Waals surface area (Å²) in [5.74, 6) is 1.24. The minimum absolute atomic E-state index is 0.219. The zero-order valence-corrected chi connectivity index (χ0v) is 15.5. The fourth-order valence-electron chi connectivity index (χ4n) is 2.58. The third kappa shape index (κ3) is 4.00. The van der Waals surface area contributed by atoms with Crippen LogP contribution in [-0.4, -0.2) is 24.0 Å². The predicted octanol–water partition coefficient (Wildman–Crippen LogP) is 3.64. The Bertz CT molecular complexity index is 1020. The number of benzene rings is 2. The van der Waals surface area contributed by atoms with Crippen molar-refractivity contribution in [1.29, 1.82) is 0 Å². The fourth-order valence-corrected chi connectivity index (χ4v) is 2.58. The minimum atomic E-state index is -0.219. The van der Waals surface area contributed by atoms with E-state index in [0.29, 0.717) is 22.9 Å². The minimum Gasteiger partial charge on any atom is -0.497 e. The van der Waals surface area contributed by atoms with Gasteiger partial charge in [-0.25, -0.2) is 4.68 Å². The van der Waals surface area contributed by atoms with Gasteiger partial charge in [-0.1, -0.05) is 24.3 Å². The Morgan fingerprint density at radius 1 is 1.07 bits per heavy atom. The van der Waals surface area contributed by atoms with Crippen LogP contribution in [0.15, 0.2) is 66.1 Å². The van der Waals surface area contributed by atoms with Crippen molar-refractivity contribution in [3.05, 3.63) is 82.8 Å². The first-order chi connectivity index (χ1) is 13.0. The molecule has 27 heavy (non-hydrogen) atoms. The number of hydrogen-bond donors (Lipinski definition) is 1. The van der Waals surface area contributed by atoms with Gasteiger partial charge in [0.25, 0.3) is 0 Å². The van der Waals surface area contributed by atoms with Gasteiger partial charge >= 0.3 is 0 Å². The molecule has 0 fully saturated rings. The second kappa shape index (κ2) is 7.78. The normalized spacial score (nSPS) is 10.3. The van der Waals surface area contributed by atoms with Gasteiger partial charge in [-0.05, 0) is 31.2 Å². The van der Waals surface area contributed by atoms with E-state index in [1.807, 2.05) is 31.2 Å². The van der Waals surface area contributed by atoms with Crippen molar-refractivity contribution in [3.63, 3.8) is 0 Å². The zero-order valence-electron chi connectivity index (χ0n) is 15.5. The van der Waals surface area contributed by atoms with Crippen molar-refractivity contribution < 1.29 is 9.47 Å². The van der Waals surface area contributed by atoms with E-state index >= 15 is 0 Å². The molecule has 3 rings (SSSR count). The van der Waals surface area contributed by atoms with Crippen molar-refractivity contribution in [2.24, 2.45) is 0 Å². The molecule has 0 aliphatic carbocycles. The van der Waals surface area contributed by atoms with Crippen molar-refractivity contribution in [2.75, 3.05) is 19.5 Å². The molecule has 1 heterocycles. The van der Waals surface area contributed by atoms with Crippen molar-refractivity contribution in [3.8, 4) is 17.2 Å². The molecule has 1 N–H and O–H groups in total. The van der Waals surface area contributed by atoms with E-state index in [4.69, 9.17) is 9.47 Å². The van der Waals surface area contributed by atoms with Crippen molar-refractivity contribution in [2.45, 2.75) is 6.92 Å². The lowest BCUT2D eigenvalue weighted by molar-refractivity contribution is 0.395. The number of ether oxygens (including phenoxy) is 2. The number of rotatable bonds is 6. The Morgan fingerprint density at radius 2 is 1.81 bits per heavy atom. The fraction of sp³-hybridized carbons (Fsp3) is 0.143. The molecular weight excluding hydrogens is 342 g/mol. The van der Waals surface area contributed by atoms with E-state index in [1.165, 1.54) is 6.07 Å². The average Bonchev–Trinajstić information content (AvgIpc) is 2.69. The molecule has 0 saturated carbocycles. The van der Waals surface area contributed by atoms with Gasteiger partial charge in [0.1, 0.15) is 11.5 Å². The molecule has 3 aromatic rings. The Balaban J connectivity index is 1.92. The van der Waals surface area contributed by atoms with Gasteiger partial charge in [-0.15, -0.1) is 0 Å². The molecule has 0 atom stereocenters. The van der Waals surface area contributed by atoms with Gasteiger partial charge < -0.3 is 14.8 Å². The van der Waals surface area contributed by atoms with Crippen molar-refractivity contribution >= 4 is 11.4 Å². The van der Waals surface area contributed by atoms with E-state index in [9.17, 15) is 4.79 Å². The summed E-state index contributed by atoms with van der Waals surface area (Å²) in [5, 5.41) is 7.54. The lowest BCUT2D eigenvalue weighted by Gasteiger charge is -2.14. The zero-order chi connectivity index (χ0) is 19.4. The number of hydrogen-bond acceptors (Lipinski definition) is 5. The van der Waals surface area contributed by atoms with Gasteiger partial charge in [-0.3, -0.25) is 4.79 Å². The Kier molecular flexibility index (Phi) is 5.26. The van der Waals surface area contributed by atoms with E-state index in [-0.39, 0.29) is 11.1 Å². The highest BCUT2D eigenvalue weighted by molar-refractivity contribution is 5.76. The molecule has 2 aromatic carbocycles. The summed E-state index contributed by atoms with van der Waals surface area (Å²) >= 11 is 0. The number of aryl methyl sites for hydroxylation is 1.